The molecule has 5 heteroatoms. The third-order valence-corrected chi connectivity index (χ3v) is 11.2. The highest BCUT2D eigenvalue weighted by molar-refractivity contribution is 7.25. The van der Waals surface area contributed by atoms with E-state index in [0.29, 0.717) is 23.4 Å². The van der Waals surface area contributed by atoms with E-state index in [1.807, 2.05) is 30.3 Å². The first kappa shape index (κ1) is 29.7. The Kier molecular flexibility index (Phi) is 7.00. The second-order valence-electron chi connectivity index (χ2n) is 13.3. The van der Waals surface area contributed by atoms with Crippen LogP contribution in [0.1, 0.15) is 24.5 Å². The van der Waals surface area contributed by atoms with Crippen molar-refractivity contribution in [1.29, 1.82) is 0 Å². The van der Waals surface area contributed by atoms with E-state index in [9.17, 15) is 0 Å². The van der Waals surface area contributed by atoms with Crippen LogP contribution in [0.15, 0.2) is 156 Å². The van der Waals surface area contributed by atoms with Crippen molar-refractivity contribution in [2.45, 2.75) is 13.3 Å². The van der Waals surface area contributed by atoms with Crippen LogP contribution < -0.4 is 0 Å². The van der Waals surface area contributed by atoms with Crippen molar-refractivity contribution in [3.05, 3.63) is 163 Å². The van der Waals surface area contributed by atoms with Gasteiger partial charge in [0.15, 0.2) is 17.5 Å². The van der Waals surface area contributed by atoms with Crippen LogP contribution in [0.2, 0.25) is 0 Å². The minimum absolute atomic E-state index is 0.346. The number of hydrogen-bond acceptors (Lipinski definition) is 5. The van der Waals surface area contributed by atoms with Crippen molar-refractivity contribution in [2.75, 3.05) is 0 Å². The van der Waals surface area contributed by atoms with E-state index in [1.54, 1.807) is 11.3 Å². The molecule has 6 aromatic carbocycles. The van der Waals surface area contributed by atoms with E-state index < -0.39 is 0 Å². The highest BCUT2D eigenvalue weighted by atomic mass is 32.1. The number of allylic oxidation sites excluding steroid dienone is 4. The summed E-state index contributed by atoms with van der Waals surface area (Å²) < 4.78 is 8.58. The lowest BCUT2D eigenvalue weighted by Crippen LogP contribution is -2.05. The molecule has 0 aliphatic heterocycles. The SMILES string of the molecule is CC1CC(c2cccc(-c3nc(-c4ccccc4)nc(-c4cccc5sc6ccccc6c45)n3)c2)=CC=C1c1ccc2oc3ccccc3c2c1. The van der Waals surface area contributed by atoms with Gasteiger partial charge in [-0.3, -0.25) is 0 Å². The maximum Gasteiger partial charge on any atom is 0.164 e. The molecular weight excluding hydrogens is 643 g/mol. The molecule has 9 aromatic rings. The first-order valence-electron chi connectivity index (χ1n) is 17.3. The highest BCUT2D eigenvalue weighted by Gasteiger charge is 2.21. The molecule has 3 heterocycles. The summed E-state index contributed by atoms with van der Waals surface area (Å²) in [4.78, 5) is 15.3. The third kappa shape index (κ3) is 5.17. The van der Waals surface area contributed by atoms with Gasteiger partial charge in [0.25, 0.3) is 0 Å². The summed E-state index contributed by atoms with van der Waals surface area (Å²) in [5.74, 6) is 2.36. The van der Waals surface area contributed by atoms with Gasteiger partial charge in [0.05, 0.1) is 0 Å². The van der Waals surface area contributed by atoms with Crippen molar-refractivity contribution in [3.8, 4) is 34.2 Å². The molecule has 10 rings (SSSR count). The number of nitrogens with zero attached hydrogens (tertiary/aromatic N) is 3. The summed E-state index contributed by atoms with van der Waals surface area (Å²) in [5, 5.41) is 4.73. The fourth-order valence-corrected chi connectivity index (χ4v) is 8.66. The van der Waals surface area contributed by atoms with Crippen LogP contribution in [-0.4, -0.2) is 15.0 Å². The molecule has 1 atom stereocenters. The molecule has 1 aliphatic rings. The molecule has 1 unspecified atom stereocenters. The quantitative estimate of drug-likeness (QED) is 0.182. The van der Waals surface area contributed by atoms with Crippen LogP contribution in [0, 0.1) is 5.92 Å². The van der Waals surface area contributed by atoms with Gasteiger partial charge >= 0.3 is 0 Å². The second-order valence-corrected chi connectivity index (χ2v) is 14.3. The smallest absolute Gasteiger partial charge is 0.164 e. The van der Waals surface area contributed by atoms with Gasteiger partial charge < -0.3 is 4.42 Å². The monoisotopic (exact) mass is 673 g/mol. The molecule has 3 aromatic heterocycles. The zero-order valence-electron chi connectivity index (χ0n) is 27.9. The zero-order chi connectivity index (χ0) is 33.9. The molecule has 0 saturated carbocycles. The van der Waals surface area contributed by atoms with Gasteiger partial charge in [-0.2, -0.15) is 0 Å². The molecule has 0 spiro atoms. The minimum atomic E-state index is 0.346. The van der Waals surface area contributed by atoms with Crippen LogP contribution in [0.5, 0.6) is 0 Å². The number of benzene rings is 6. The van der Waals surface area contributed by atoms with E-state index in [1.165, 1.54) is 42.4 Å². The Bertz CT molecular complexity index is 2860. The Labute approximate surface area is 299 Å². The molecule has 0 bridgehead atoms. The molecule has 51 heavy (non-hydrogen) atoms. The molecule has 0 saturated heterocycles. The Morgan fingerprint density at radius 1 is 0.529 bits per heavy atom. The van der Waals surface area contributed by atoms with E-state index in [2.05, 4.69) is 128 Å². The average Bonchev–Trinajstić information content (AvgIpc) is 3.76. The zero-order valence-corrected chi connectivity index (χ0v) is 28.7. The van der Waals surface area contributed by atoms with E-state index in [0.717, 1.165) is 45.0 Å². The Balaban J connectivity index is 1.06. The largest absolute Gasteiger partial charge is 0.456 e. The first-order valence-corrected chi connectivity index (χ1v) is 18.1. The maximum absolute atomic E-state index is 6.10. The summed E-state index contributed by atoms with van der Waals surface area (Å²) >= 11 is 1.80. The Morgan fingerprint density at radius 3 is 2.10 bits per heavy atom. The van der Waals surface area contributed by atoms with Crippen LogP contribution in [0.3, 0.4) is 0 Å². The second kappa shape index (κ2) is 12.0. The maximum atomic E-state index is 6.10. The number of hydrogen-bond donors (Lipinski definition) is 0. The van der Waals surface area contributed by atoms with Gasteiger partial charge in [-0.1, -0.05) is 122 Å². The lowest BCUT2D eigenvalue weighted by atomic mass is 9.82. The molecule has 0 radical (unpaired) electrons. The molecule has 0 fully saturated rings. The van der Waals surface area contributed by atoms with Gasteiger partial charge in [-0.05, 0) is 71.0 Å². The summed E-state index contributed by atoms with van der Waals surface area (Å²) in [5.41, 5.74) is 9.86. The van der Waals surface area contributed by atoms with Crippen molar-refractivity contribution in [2.24, 2.45) is 5.92 Å². The van der Waals surface area contributed by atoms with Crippen molar-refractivity contribution in [3.63, 3.8) is 0 Å². The average molecular weight is 674 g/mol. The standard InChI is InChI=1S/C46H31N3OS/c1-28-25-31(21-23-34(28)32-22-24-40-38(27-32)35-15-5-7-18-39(35)50-40)30-13-9-14-33(26-30)45-47-44(29-11-3-2-4-12-29)48-46(49-45)37-17-10-20-42-43(37)36-16-6-8-19-41(36)51-42/h2-24,26-28H,25H2,1H3. The van der Waals surface area contributed by atoms with E-state index in [-0.39, 0.29) is 0 Å². The van der Waals surface area contributed by atoms with Gasteiger partial charge in [0.1, 0.15) is 11.2 Å². The van der Waals surface area contributed by atoms with Gasteiger partial charge in [0, 0.05) is 47.6 Å². The highest BCUT2D eigenvalue weighted by Crippen LogP contribution is 2.41. The summed E-state index contributed by atoms with van der Waals surface area (Å²) in [6.07, 6.45) is 5.51. The van der Waals surface area contributed by atoms with E-state index >= 15 is 0 Å². The Hall–Kier alpha value is -6.17. The predicted molar refractivity (Wildman–Crippen MR) is 212 cm³/mol. The fourth-order valence-electron chi connectivity index (χ4n) is 7.52. The molecule has 1 aliphatic carbocycles. The summed E-state index contributed by atoms with van der Waals surface area (Å²) in [6, 6.07) is 48.7. The van der Waals surface area contributed by atoms with Gasteiger partial charge in [0.2, 0.25) is 0 Å². The molecule has 242 valence electrons. The number of rotatable bonds is 5. The minimum Gasteiger partial charge on any atom is -0.456 e. The predicted octanol–water partition coefficient (Wildman–Crippen LogP) is 12.6. The van der Waals surface area contributed by atoms with Crippen LogP contribution >= 0.6 is 11.3 Å². The topological polar surface area (TPSA) is 51.8 Å². The number of thiophene rings is 1. The summed E-state index contributed by atoms with van der Waals surface area (Å²) in [6.45, 7) is 2.32. The number of aromatic nitrogens is 3. The Morgan fingerprint density at radius 2 is 1.22 bits per heavy atom. The number of furan rings is 1. The van der Waals surface area contributed by atoms with Crippen LogP contribution in [-0.2, 0) is 0 Å². The third-order valence-electron chi connectivity index (χ3n) is 10.0. The van der Waals surface area contributed by atoms with E-state index in [4.69, 9.17) is 19.4 Å². The van der Waals surface area contributed by atoms with Crippen molar-refractivity contribution >= 4 is 64.6 Å². The fraction of sp³-hybridized carbons (Fsp3) is 0.0652. The molecule has 0 amide bonds. The molecule has 4 nitrogen and oxygen atoms in total. The molecule has 0 N–H and O–H groups in total. The first-order chi connectivity index (χ1) is 25.2. The molecular formula is C46H31N3OS. The van der Waals surface area contributed by atoms with Gasteiger partial charge in [-0.25, -0.2) is 15.0 Å². The van der Waals surface area contributed by atoms with Crippen LogP contribution in [0.25, 0.3) is 87.4 Å². The lowest BCUT2D eigenvalue weighted by Gasteiger charge is -2.23. The number of fused-ring (bicyclic) bond motifs is 6. The normalized spacial score (nSPS) is 14.7. The van der Waals surface area contributed by atoms with Crippen molar-refractivity contribution in [1.82, 2.24) is 15.0 Å². The summed E-state index contributed by atoms with van der Waals surface area (Å²) in [7, 11) is 0. The van der Waals surface area contributed by atoms with Gasteiger partial charge in [-0.15, -0.1) is 11.3 Å². The van der Waals surface area contributed by atoms with Crippen molar-refractivity contribution < 1.29 is 4.42 Å². The number of para-hydroxylation sites is 1. The van der Waals surface area contributed by atoms with Crippen LogP contribution in [0.4, 0.5) is 0 Å². The lowest BCUT2D eigenvalue weighted by molar-refractivity contribution is 0.669.